The zero-order valence-electron chi connectivity index (χ0n) is 12.9. The van der Waals surface area contributed by atoms with E-state index >= 15 is 0 Å². The summed E-state index contributed by atoms with van der Waals surface area (Å²) >= 11 is 0. The van der Waals surface area contributed by atoms with Crippen LogP contribution in [0.2, 0.25) is 0 Å². The third-order valence-electron chi connectivity index (χ3n) is 2.99. The van der Waals surface area contributed by atoms with E-state index in [2.05, 4.69) is 10.5 Å². The molecule has 0 saturated heterocycles. The summed E-state index contributed by atoms with van der Waals surface area (Å²) in [7, 11) is 0. The van der Waals surface area contributed by atoms with Crippen LogP contribution in [-0.4, -0.2) is 28.8 Å². The maximum atomic E-state index is 12.1. The average Bonchev–Trinajstić information content (AvgIpc) is 2.79. The Morgan fingerprint density at radius 2 is 2.00 bits per heavy atom. The minimum Gasteiger partial charge on any atom is -0.444 e. The molecule has 0 bridgehead atoms. The number of rotatable bonds is 2. The van der Waals surface area contributed by atoms with Crippen molar-refractivity contribution in [2.24, 2.45) is 10.8 Å². The summed E-state index contributed by atoms with van der Waals surface area (Å²) in [6, 6.07) is 5.01. The van der Waals surface area contributed by atoms with E-state index in [0.717, 1.165) is 16.7 Å². The first-order chi connectivity index (χ1) is 10.2. The highest BCUT2D eigenvalue weighted by Gasteiger charge is 2.27. The summed E-state index contributed by atoms with van der Waals surface area (Å²) in [5.41, 5.74) is 9.48. The number of nitrogens with zero attached hydrogens (tertiary/aromatic N) is 2. The number of nitrogens with two attached hydrogens (primary N) is 1. The van der Waals surface area contributed by atoms with E-state index in [-0.39, 0.29) is 6.09 Å². The molecule has 0 aliphatic carbocycles. The van der Waals surface area contributed by atoms with Crippen LogP contribution in [-0.2, 0) is 17.8 Å². The zero-order valence-corrected chi connectivity index (χ0v) is 12.9. The van der Waals surface area contributed by atoms with E-state index in [1.807, 2.05) is 39.0 Å². The van der Waals surface area contributed by atoms with Gasteiger partial charge in [0.2, 0.25) is 0 Å². The van der Waals surface area contributed by atoms with Gasteiger partial charge < -0.3 is 10.5 Å². The van der Waals surface area contributed by atoms with Gasteiger partial charge >= 0.3 is 12.1 Å². The predicted octanol–water partition coefficient (Wildman–Crippen LogP) is 1.94. The quantitative estimate of drug-likeness (QED) is 0.645. The predicted molar refractivity (Wildman–Crippen MR) is 82.2 cm³/mol. The molecule has 2 rings (SSSR count). The van der Waals surface area contributed by atoms with Gasteiger partial charge in [-0.25, -0.2) is 15.0 Å². The van der Waals surface area contributed by atoms with Crippen LogP contribution >= 0.6 is 0 Å². The number of ether oxygens (including phenoxy) is 1. The molecule has 0 spiro atoms. The third kappa shape index (κ3) is 4.21. The second-order valence-corrected chi connectivity index (χ2v) is 6.10. The fourth-order valence-corrected chi connectivity index (χ4v) is 2.12. The number of hydrogen-bond acceptors (Lipinski definition) is 4. The molecule has 1 aromatic rings. The van der Waals surface area contributed by atoms with Gasteiger partial charge in [0.25, 0.3) is 0 Å². The molecular formula is C15H20N4O3. The van der Waals surface area contributed by atoms with Crippen molar-refractivity contribution >= 4 is 18.3 Å². The highest BCUT2D eigenvalue weighted by atomic mass is 16.6. The molecule has 0 aromatic heterocycles. The molecule has 1 aliphatic rings. The van der Waals surface area contributed by atoms with E-state index in [1.165, 1.54) is 6.21 Å². The van der Waals surface area contributed by atoms with Crippen LogP contribution in [0.15, 0.2) is 23.3 Å². The van der Waals surface area contributed by atoms with Crippen LogP contribution in [0.25, 0.3) is 0 Å². The molecule has 7 heteroatoms. The number of amides is 3. The number of carbonyl (C=O) groups is 2. The van der Waals surface area contributed by atoms with Crippen molar-refractivity contribution in [3.05, 3.63) is 34.9 Å². The molecular weight excluding hydrogens is 284 g/mol. The van der Waals surface area contributed by atoms with Gasteiger partial charge in [0.05, 0.1) is 6.21 Å². The number of carbonyl (C=O) groups excluding carboxylic acids is 2. The van der Waals surface area contributed by atoms with Crippen LogP contribution in [0.3, 0.4) is 0 Å². The van der Waals surface area contributed by atoms with Crippen LogP contribution in [0.5, 0.6) is 0 Å². The lowest BCUT2D eigenvalue weighted by molar-refractivity contribution is 0.0242. The molecule has 1 aliphatic heterocycles. The van der Waals surface area contributed by atoms with Crippen LogP contribution < -0.4 is 11.2 Å². The zero-order chi connectivity index (χ0) is 16.3. The monoisotopic (exact) mass is 304 g/mol. The molecule has 7 nitrogen and oxygen atoms in total. The van der Waals surface area contributed by atoms with E-state index in [1.54, 1.807) is 4.90 Å². The Hall–Kier alpha value is -2.57. The standard InChI is InChI=1S/C15H20N4O3/c1-15(2,3)22-14(21)19-8-11-5-4-10(6-12(11)9-19)7-17-18-13(16)20/h4-7H,8-9H2,1-3H3,(H3,16,18,20). The second-order valence-electron chi connectivity index (χ2n) is 6.10. The summed E-state index contributed by atoms with van der Waals surface area (Å²) in [6.45, 7) is 6.55. The smallest absolute Gasteiger partial charge is 0.410 e. The lowest BCUT2D eigenvalue weighted by Gasteiger charge is -2.24. The summed E-state index contributed by atoms with van der Waals surface area (Å²) < 4.78 is 5.37. The molecule has 0 fully saturated rings. The van der Waals surface area contributed by atoms with Crippen LogP contribution in [0, 0.1) is 0 Å². The summed E-state index contributed by atoms with van der Waals surface area (Å²) in [5, 5.41) is 3.71. The first-order valence-corrected chi connectivity index (χ1v) is 6.93. The lowest BCUT2D eigenvalue weighted by atomic mass is 10.1. The van der Waals surface area contributed by atoms with Crippen LogP contribution in [0.1, 0.15) is 37.5 Å². The van der Waals surface area contributed by atoms with Crippen LogP contribution in [0.4, 0.5) is 9.59 Å². The average molecular weight is 304 g/mol. The molecule has 118 valence electrons. The number of benzene rings is 1. The molecule has 0 saturated carbocycles. The van der Waals surface area contributed by atoms with Gasteiger partial charge in [0.15, 0.2) is 0 Å². The molecule has 1 heterocycles. The van der Waals surface area contributed by atoms with Gasteiger partial charge in [0, 0.05) is 13.1 Å². The van der Waals surface area contributed by atoms with E-state index < -0.39 is 11.6 Å². The Balaban J connectivity index is 2.03. The number of nitrogens with one attached hydrogen (secondary N) is 1. The third-order valence-corrected chi connectivity index (χ3v) is 2.99. The Morgan fingerprint density at radius 3 is 2.64 bits per heavy atom. The number of primary amides is 1. The molecule has 0 radical (unpaired) electrons. The molecule has 0 unspecified atom stereocenters. The van der Waals surface area contributed by atoms with Gasteiger partial charge in [-0.05, 0) is 43.5 Å². The Labute approximate surface area is 129 Å². The molecule has 0 atom stereocenters. The number of hydrogen-bond donors (Lipinski definition) is 2. The molecule has 1 aromatic carbocycles. The maximum absolute atomic E-state index is 12.1. The van der Waals surface area contributed by atoms with Crippen molar-refractivity contribution in [2.45, 2.75) is 39.5 Å². The largest absolute Gasteiger partial charge is 0.444 e. The van der Waals surface area contributed by atoms with Crippen molar-refractivity contribution < 1.29 is 14.3 Å². The summed E-state index contributed by atoms with van der Waals surface area (Å²) in [4.78, 5) is 24.3. The first-order valence-electron chi connectivity index (χ1n) is 6.93. The Kier molecular flexibility index (Phi) is 4.35. The first kappa shape index (κ1) is 15.8. The van der Waals surface area contributed by atoms with Crippen molar-refractivity contribution in [2.75, 3.05) is 0 Å². The van der Waals surface area contributed by atoms with Gasteiger partial charge in [-0.3, -0.25) is 4.90 Å². The Bertz CT molecular complexity index is 620. The highest BCUT2D eigenvalue weighted by molar-refractivity contribution is 5.82. The maximum Gasteiger partial charge on any atom is 0.410 e. The van der Waals surface area contributed by atoms with E-state index in [0.29, 0.717) is 13.1 Å². The topological polar surface area (TPSA) is 97.0 Å². The van der Waals surface area contributed by atoms with E-state index in [4.69, 9.17) is 10.5 Å². The van der Waals surface area contributed by atoms with Gasteiger partial charge in [-0.1, -0.05) is 12.1 Å². The Morgan fingerprint density at radius 1 is 1.32 bits per heavy atom. The van der Waals surface area contributed by atoms with Gasteiger partial charge in [-0.15, -0.1) is 0 Å². The minimum atomic E-state index is -0.714. The number of hydrazone groups is 1. The minimum absolute atomic E-state index is 0.325. The van der Waals surface area contributed by atoms with E-state index in [9.17, 15) is 9.59 Å². The van der Waals surface area contributed by atoms with Gasteiger partial charge in [0.1, 0.15) is 5.60 Å². The summed E-state index contributed by atoms with van der Waals surface area (Å²) in [6.07, 6.45) is 1.18. The SMILES string of the molecule is CC(C)(C)OC(=O)N1Cc2ccc(C=NNC(N)=O)cc2C1. The molecule has 3 N–H and O–H groups in total. The fourth-order valence-electron chi connectivity index (χ4n) is 2.12. The van der Waals surface area contributed by atoms with Gasteiger partial charge in [-0.2, -0.15) is 5.10 Å². The fraction of sp³-hybridized carbons (Fsp3) is 0.400. The van der Waals surface area contributed by atoms with Crippen molar-refractivity contribution in [1.82, 2.24) is 10.3 Å². The molecule has 3 amide bonds. The van der Waals surface area contributed by atoms with Crippen molar-refractivity contribution in [1.29, 1.82) is 0 Å². The summed E-state index contributed by atoms with van der Waals surface area (Å²) in [5.74, 6) is 0. The highest BCUT2D eigenvalue weighted by Crippen LogP contribution is 2.25. The number of urea groups is 1. The number of fused-ring (bicyclic) bond motifs is 1. The lowest BCUT2D eigenvalue weighted by Crippen LogP contribution is -2.33. The normalized spacial score (nSPS) is 14.0. The second kappa shape index (κ2) is 6.05. The van der Waals surface area contributed by atoms with Crippen molar-refractivity contribution in [3.8, 4) is 0 Å². The van der Waals surface area contributed by atoms with Crippen molar-refractivity contribution in [3.63, 3.8) is 0 Å². The molecule has 22 heavy (non-hydrogen) atoms.